The Kier molecular flexibility index (Phi) is 6.67. The molecule has 0 bridgehead atoms. The van der Waals surface area contributed by atoms with Crippen molar-refractivity contribution in [3.05, 3.63) is 29.1 Å². The number of nitrogens with one attached hydrogen (secondary N) is 1. The molecule has 0 aromatic carbocycles. The number of hydrogen-bond acceptors (Lipinski definition) is 9. The van der Waals surface area contributed by atoms with Crippen molar-refractivity contribution in [3.63, 3.8) is 0 Å². The number of hydrogen-bond donors (Lipinski definition) is 1. The number of piperidine rings is 1. The molecule has 11 nitrogen and oxygen atoms in total. The molecule has 0 aliphatic carbocycles. The van der Waals surface area contributed by atoms with Crippen LogP contribution in [0.5, 0.6) is 0 Å². The Balaban J connectivity index is 1.30. The van der Waals surface area contributed by atoms with Gasteiger partial charge in [0.05, 0.1) is 6.54 Å². The van der Waals surface area contributed by atoms with E-state index in [1.54, 1.807) is 12.1 Å². The van der Waals surface area contributed by atoms with Gasteiger partial charge in [-0.25, -0.2) is 8.42 Å². The highest BCUT2D eigenvalue weighted by Crippen LogP contribution is 2.26. The predicted octanol–water partition coefficient (Wildman–Crippen LogP) is 1.14. The Labute approximate surface area is 190 Å². The van der Waals surface area contributed by atoms with Crippen LogP contribution in [0.15, 0.2) is 28.5 Å². The summed E-state index contributed by atoms with van der Waals surface area (Å²) in [5, 5.41) is 18.6. The first-order valence-electron chi connectivity index (χ1n) is 10.6. The lowest BCUT2D eigenvalue weighted by Crippen LogP contribution is -2.40. The lowest BCUT2D eigenvalue weighted by Gasteiger charge is -2.31. The third-order valence-electron chi connectivity index (χ3n) is 5.62. The molecule has 1 aliphatic rings. The summed E-state index contributed by atoms with van der Waals surface area (Å²) in [6, 6.07) is 7.08. The SMILES string of the molecule is CCN(CC)S(=O)(=O)c1ccc(CNC(=O)C2CCN(c3ccc4nnnn4n3)CC2)s1. The summed E-state index contributed by atoms with van der Waals surface area (Å²) in [6.45, 7) is 6.26. The van der Waals surface area contributed by atoms with Crippen LogP contribution in [-0.2, 0) is 21.4 Å². The highest BCUT2D eigenvalue weighted by atomic mass is 32.2. The smallest absolute Gasteiger partial charge is 0.252 e. The van der Waals surface area contributed by atoms with E-state index < -0.39 is 10.0 Å². The molecule has 1 aliphatic heterocycles. The molecule has 0 atom stereocenters. The molecule has 1 saturated heterocycles. The maximum Gasteiger partial charge on any atom is 0.252 e. The van der Waals surface area contributed by atoms with Gasteiger partial charge in [0.25, 0.3) is 10.0 Å². The molecule has 0 radical (unpaired) electrons. The van der Waals surface area contributed by atoms with Crippen LogP contribution in [0.2, 0.25) is 0 Å². The standard InChI is InChI=1S/C19H26N8O3S2/c1-3-26(4-2)32(29,30)18-8-5-15(31-18)13-20-19(28)14-9-11-25(12-10-14)17-7-6-16-21-23-24-27(16)22-17/h5-8,14H,3-4,9-13H2,1-2H3,(H,20,28). The van der Waals surface area contributed by atoms with E-state index in [2.05, 4.69) is 30.8 Å². The average molecular weight is 479 g/mol. The maximum absolute atomic E-state index is 12.7. The topological polar surface area (TPSA) is 126 Å². The minimum Gasteiger partial charge on any atom is -0.355 e. The third kappa shape index (κ3) is 4.59. The molecule has 4 heterocycles. The number of fused-ring (bicyclic) bond motifs is 1. The Bertz CT molecular complexity index is 1180. The van der Waals surface area contributed by atoms with E-state index in [1.807, 2.05) is 26.0 Å². The summed E-state index contributed by atoms with van der Waals surface area (Å²) in [5.74, 6) is 0.695. The zero-order valence-electron chi connectivity index (χ0n) is 18.0. The zero-order valence-corrected chi connectivity index (χ0v) is 19.6. The van der Waals surface area contributed by atoms with E-state index in [9.17, 15) is 13.2 Å². The first kappa shape index (κ1) is 22.6. The van der Waals surface area contributed by atoms with Crippen molar-refractivity contribution in [2.75, 3.05) is 31.1 Å². The summed E-state index contributed by atoms with van der Waals surface area (Å²) < 4.78 is 28.4. The first-order valence-corrected chi connectivity index (χ1v) is 12.8. The van der Waals surface area contributed by atoms with Crippen molar-refractivity contribution < 1.29 is 13.2 Å². The molecule has 0 saturated carbocycles. The van der Waals surface area contributed by atoms with Crippen LogP contribution in [0.25, 0.3) is 5.65 Å². The van der Waals surface area contributed by atoms with Crippen LogP contribution < -0.4 is 10.2 Å². The molecule has 1 N–H and O–H groups in total. The van der Waals surface area contributed by atoms with E-state index >= 15 is 0 Å². The molecule has 3 aromatic rings. The fourth-order valence-electron chi connectivity index (χ4n) is 3.78. The van der Waals surface area contributed by atoms with Crippen LogP contribution >= 0.6 is 11.3 Å². The minimum atomic E-state index is -3.47. The highest BCUT2D eigenvalue weighted by Gasteiger charge is 2.27. The number of carbonyl (C=O) groups is 1. The van der Waals surface area contributed by atoms with Gasteiger partial charge in [-0.2, -0.15) is 4.31 Å². The zero-order chi connectivity index (χ0) is 22.7. The number of amides is 1. The highest BCUT2D eigenvalue weighted by molar-refractivity contribution is 7.91. The number of thiophene rings is 1. The van der Waals surface area contributed by atoms with Gasteiger partial charge in [0.2, 0.25) is 5.91 Å². The molecule has 3 aromatic heterocycles. The second kappa shape index (κ2) is 9.46. The lowest BCUT2D eigenvalue weighted by molar-refractivity contribution is -0.125. The molecule has 13 heteroatoms. The maximum atomic E-state index is 12.7. The monoisotopic (exact) mass is 478 g/mol. The molecular weight excluding hydrogens is 452 g/mol. The van der Waals surface area contributed by atoms with Crippen LogP contribution in [0, 0.1) is 5.92 Å². The van der Waals surface area contributed by atoms with Crippen molar-refractivity contribution >= 4 is 38.7 Å². The second-order valence-corrected chi connectivity index (χ2v) is 10.8. The number of tetrazole rings is 1. The number of rotatable bonds is 8. The second-order valence-electron chi connectivity index (χ2n) is 7.51. The molecule has 4 rings (SSSR count). The third-order valence-corrected chi connectivity index (χ3v) is 9.22. The lowest BCUT2D eigenvalue weighted by atomic mass is 9.96. The number of nitrogens with zero attached hydrogens (tertiary/aromatic N) is 7. The molecule has 32 heavy (non-hydrogen) atoms. The fourth-order valence-corrected chi connectivity index (χ4v) is 6.69. The van der Waals surface area contributed by atoms with Crippen LogP contribution in [0.1, 0.15) is 31.6 Å². The number of anilines is 1. The van der Waals surface area contributed by atoms with Gasteiger partial charge in [-0.3, -0.25) is 4.79 Å². The average Bonchev–Trinajstić information content (AvgIpc) is 3.47. The molecule has 0 spiro atoms. The van der Waals surface area contributed by atoms with Gasteiger partial charge in [0, 0.05) is 37.0 Å². The van der Waals surface area contributed by atoms with Gasteiger partial charge >= 0.3 is 0 Å². The summed E-state index contributed by atoms with van der Waals surface area (Å²) in [7, 11) is -3.47. The summed E-state index contributed by atoms with van der Waals surface area (Å²) in [4.78, 5) is 15.6. The van der Waals surface area contributed by atoms with Crippen LogP contribution in [-0.4, -0.2) is 70.1 Å². The minimum absolute atomic E-state index is 0.00455. The van der Waals surface area contributed by atoms with Gasteiger partial charge < -0.3 is 10.2 Å². The van der Waals surface area contributed by atoms with Gasteiger partial charge in [-0.1, -0.05) is 13.8 Å². The normalized spacial score (nSPS) is 15.5. The fraction of sp³-hybridized carbons (Fsp3) is 0.526. The van der Waals surface area contributed by atoms with Crippen molar-refractivity contribution in [1.29, 1.82) is 0 Å². The number of carbonyl (C=O) groups excluding carboxylic acids is 1. The van der Waals surface area contributed by atoms with Crippen LogP contribution in [0.3, 0.4) is 0 Å². The number of aromatic nitrogens is 5. The molecular formula is C19H26N8O3S2. The van der Waals surface area contributed by atoms with E-state index in [4.69, 9.17) is 0 Å². The largest absolute Gasteiger partial charge is 0.355 e. The molecule has 1 fully saturated rings. The van der Waals surface area contributed by atoms with E-state index in [-0.39, 0.29) is 11.8 Å². The van der Waals surface area contributed by atoms with E-state index in [0.717, 1.165) is 10.7 Å². The summed E-state index contributed by atoms with van der Waals surface area (Å²) in [6.07, 6.45) is 1.43. The molecule has 0 unspecified atom stereocenters. The van der Waals surface area contributed by atoms with Crippen molar-refractivity contribution in [1.82, 2.24) is 34.9 Å². The number of sulfonamides is 1. The van der Waals surface area contributed by atoms with Crippen molar-refractivity contribution in [2.24, 2.45) is 5.92 Å². The van der Waals surface area contributed by atoms with E-state index in [0.29, 0.717) is 55.4 Å². The van der Waals surface area contributed by atoms with Gasteiger partial charge in [0.1, 0.15) is 4.21 Å². The Morgan fingerprint density at radius 3 is 2.66 bits per heavy atom. The van der Waals surface area contributed by atoms with Crippen molar-refractivity contribution in [3.8, 4) is 0 Å². The quantitative estimate of drug-likeness (QED) is 0.511. The Morgan fingerprint density at radius 2 is 1.94 bits per heavy atom. The Hall–Kier alpha value is -2.64. The molecule has 172 valence electrons. The summed E-state index contributed by atoms with van der Waals surface area (Å²) in [5.41, 5.74) is 0.588. The van der Waals surface area contributed by atoms with Gasteiger partial charge in [-0.05, 0) is 47.5 Å². The van der Waals surface area contributed by atoms with Crippen LogP contribution in [0.4, 0.5) is 5.82 Å². The predicted molar refractivity (Wildman–Crippen MR) is 120 cm³/mol. The van der Waals surface area contributed by atoms with Crippen molar-refractivity contribution in [2.45, 2.75) is 37.4 Å². The van der Waals surface area contributed by atoms with E-state index in [1.165, 1.54) is 20.3 Å². The first-order chi connectivity index (χ1) is 15.4. The molecule has 1 amide bonds. The Morgan fingerprint density at radius 1 is 1.19 bits per heavy atom. The van der Waals surface area contributed by atoms with Gasteiger partial charge in [-0.15, -0.1) is 26.2 Å². The summed E-state index contributed by atoms with van der Waals surface area (Å²) >= 11 is 1.21. The van der Waals surface area contributed by atoms with Gasteiger partial charge in [0.15, 0.2) is 11.5 Å².